The molecule has 1 saturated heterocycles. The number of benzene rings is 2. The van der Waals surface area contributed by atoms with Gasteiger partial charge in [-0.3, -0.25) is 9.59 Å². The van der Waals surface area contributed by atoms with Crippen molar-refractivity contribution in [3.8, 4) is 0 Å². The van der Waals surface area contributed by atoms with Crippen molar-refractivity contribution in [2.75, 3.05) is 18.8 Å². The molecule has 0 spiro atoms. The van der Waals surface area contributed by atoms with Gasteiger partial charge in [-0.05, 0) is 36.2 Å². The van der Waals surface area contributed by atoms with E-state index in [4.69, 9.17) is 0 Å². The molecule has 2 aromatic carbocycles. The van der Waals surface area contributed by atoms with Gasteiger partial charge in [0, 0.05) is 24.2 Å². The molecule has 148 valence electrons. The van der Waals surface area contributed by atoms with E-state index < -0.39 is 20.9 Å². The van der Waals surface area contributed by atoms with E-state index in [2.05, 4.69) is 0 Å². The first-order valence-corrected chi connectivity index (χ1v) is 10.8. The summed E-state index contributed by atoms with van der Waals surface area (Å²) in [7, 11) is -3.24. The molecule has 1 amide bonds. The molecule has 0 aliphatic carbocycles. The van der Waals surface area contributed by atoms with Crippen molar-refractivity contribution in [2.24, 2.45) is 5.92 Å². The van der Waals surface area contributed by atoms with Crippen LogP contribution < -0.4 is 0 Å². The average Bonchev–Trinajstić information content (AvgIpc) is 2.59. The summed E-state index contributed by atoms with van der Waals surface area (Å²) in [5.74, 6) is -1.08. The predicted octanol–water partition coefficient (Wildman–Crippen LogP) is 2.95. The molecule has 0 aromatic heterocycles. The number of halogens is 1. The van der Waals surface area contributed by atoms with Gasteiger partial charge in [0.05, 0.1) is 16.6 Å². The van der Waals surface area contributed by atoms with Crippen LogP contribution >= 0.6 is 0 Å². The number of hydrogen-bond donors (Lipinski definition) is 0. The quantitative estimate of drug-likeness (QED) is 0.696. The summed E-state index contributed by atoms with van der Waals surface area (Å²) in [4.78, 5) is 27.1. The maximum atomic E-state index is 13.1. The normalized spacial score (nSPS) is 14.8. The monoisotopic (exact) mass is 403 g/mol. The van der Waals surface area contributed by atoms with Crippen molar-refractivity contribution >= 4 is 21.5 Å². The third-order valence-corrected chi connectivity index (χ3v) is 7.16. The number of rotatable bonds is 6. The molecule has 0 bridgehead atoms. The minimum Gasteiger partial charge on any atom is -0.336 e. The van der Waals surface area contributed by atoms with Crippen molar-refractivity contribution < 1.29 is 22.4 Å². The number of amides is 1. The van der Waals surface area contributed by atoms with E-state index in [9.17, 15) is 22.4 Å². The molecule has 1 heterocycles. The summed E-state index contributed by atoms with van der Waals surface area (Å²) in [5.41, 5.74) is 0.715. The van der Waals surface area contributed by atoms with Gasteiger partial charge in [0.1, 0.15) is 5.82 Å². The third-order valence-electron chi connectivity index (χ3n) is 4.72. The van der Waals surface area contributed by atoms with Crippen LogP contribution in [0.25, 0.3) is 0 Å². The number of nitrogens with zero attached hydrogens (tertiary/aromatic N) is 1. The Morgan fingerprint density at radius 2 is 1.61 bits per heavy atom. The van der Waals surface area contributed by atoms with E-state index in [1.165, 1.54) is 29.2 Å². The highest BCUT2D eigenvalue weighted by Crippen LogP contribution is 2.24. The highest BCUT2D eigenvalue weighted by atomic mass is 32.2. The van der Waals surface area contributed by atoms with Gasteiger partial charge in [-0.15, -0.1) is 0 Å². The second-order valence-corrected chi connectivity index (χ2v) is 9.76. The van der Waals surface area contributed by atoms with Gasteiger partial charge in [-0.1, -0.05) is 32.0 Å². The molecule has 7 heteroatoms. The Morgan fingerprint density at radius 1 is 1.04 bits per heavy atom. The molecular weight excluding hydrogens is 381 g/mol. The Hall–Kier alpha value is -2.54. The second kappa shape index (κ2) is 7.83. The Morgan fingerprint density at radius 3 is 2.18 bits per heavy atom. The van der Waals surface area contributed by atoms with Crippen molar-refractivity contribution in [2.45, 2.75) is 19.1 Å². The van der Waals surface area contributed by atoms with Crippen LogP contribution in [0, 0.1) is 11.7 Å². The Bertz CT molecular complexity index is 993. The molecule has 3 rings (SSSR count). The number of carbonyl (C=O) groups excluding carboxylic acids is 2. The summed E-state index contributed by atoms with van der Waals surface area (Å²) in [6.07, 6.45) is 0. The van der Waals surface area contributed by atoms with Gasteiger partial charge >= 0.3 is 0 Å². The number of carbonyl (C=O) groups is 2. The second-order valence-electron chi connectivity index (χ2n) is 7.44. The first-order chi connectivity index (χ1) is 13.2. The largest absolute Gasteiger partial charge is 0.336 e. The average molecular weight is 403 g/mol. The molecule has 0 unspecified atom stereocenters. The third kappa shape index (κ3) is 4.14. The fourth-order valence-electron chi connectivity index (χ4n) is 3.23. The minimum absolute atomic E-state index is 0.0313. The standard InChI is InChI=1S/C21H22FNO4S/c1-14(2)13-28(26,27)17-11-23(12-17)21(25)19-6-4-3-5-18(19)20(24)15-7-9-16(22)10-8-15/h3-10,14,17H,11-13H2,1-2H3. The van der Waals surface area contributed by atoms with Crippen LogP contribution in [-0.4, -0.2) is 49.1 Å². The molecule has 1 aliphatic rings. The Labute approximate surface area is 164 Å². The van der Waals surface area contributed by atoms with Gasteiger partial charge in [-0.2, -0.15) is 0 Å². The maximum absolute atomic E-state index is 13.1. The Kier molecular flexibility index (Phi) is 5.65. The number of likely N-dealkylation sites (tertiary alicyclic amines) is 1. The highest BCUT2D eigenvalue weighted by Gasteiger charge is 2.40. The van der Waals surface area contributed by atoms with E-state index in [0.717, 1.165) is 0 Å². The van der Waals surface area contributed by atoms with Crippen molar-refractivity contribution in [3.05, 3.63) is 71.0 Å². The molecule has 28 heavy (non-hydrogen) atoms. The number of sulfone groups is 1. The lowest BCUT2D eigenvalue weighted by Crippen LogP contribution is -2.57. The minimum atomic E-state index is -3.24. The van der Waals surface area contributed by atoms with E-state index in [0.29, 0.717) is 0 Å². The van der Waals surface area contributed by atoms with Crippen LogP contribution in [-0.2, 0) is 9.84 Å². The fourth-order valence-corrected chi connectivity index (χ4v) is 5.24. The number of ketones is 1. The summed E-state index contributed by atoms with van der Waals surface area (Å²) < 4.78 is 37.7. The summed E-state index contributed by atoms with van der Waals surface area (Å²) >= 11 is 0. The van der Waals surface area contributed by atoms with E-state index in [-0.39, 0.29) is 53.1 Å². The van der Waals surface area contributed by atoms with Crippen molar-refractivity contribution in [1.82, 2.24) is 4.90 Å². The molecule has 0 radical (unpaired) electrons. The topological polar surface area (TPSA) is 71.5 Å². The zero-order valence-electron chi connectivity index (χ0n) is 15.8. The molecule has 0 saturated carbocycles. The molecule has 5 nitrogen and oxygen atoms in total. The Balaban J connectivity index is 1.78. The van der Waals surface area contributed by atoms with Gasteiger partial charge < -0.3 is 4.90 Å². The van der Waals surface area contributed by atoms with Gasteiger partial charge in [0.25, 0.3) is 5.91 Å². The van der Waals surface area contributed by atoms with Gasteiger partial charge in [-0.25, -0.2) is 12.8 Å². The lowest BCUT2D eigenvalue weighted by molar-refractivity contribution is 0.0655. The summed E-state index contributed by atoms with van der Waals surface area (Å²) in [5, 5.41) is -0.557. The highest BCUT2D eigenvalue weighted by molar-refractivity contribution is 7.92. The molecule has 1 fully saturated rings. The summed E-state index contributed by atoms with van der Waals surface area (Å²) in [6, 6.07) is 11.5. The summed E-state index contributed by atoms with van der Waals surface area (Å²) in [6.45, 7) is 3.95. The molecule has 0 atom stereocenters. The zero-order valence-corrected chi connectivity index (χ0v) is 16.6. The zero-order chi connectivity index (χ0) is 20.5. The first kappa shape index (κ1) is 20.2. The smallest absolute Gasteiger partial charge is 0.254 e. The lowest BCUT2D eigenvalue weighted by Gasteiger charge is -2.39. The SMILES string of the molecule is CC(C)CS(=O)(=O)C1CN(C(=O)c2ccccc2C(=O)c2ccc(F)cc2)C1. The molecule has 1 aliphatic heterocycles. The van der Waals surface area contributed by atoms with Crippen LogP contribution in [0.15, 0.2) is 48.5 Å². The van der Waals surface area contributed by atoms with E-state index in [1.807, 2.05) is 13.8 Å². The van der Waals surface area contributed by atoms with Crippen molar-refractivity contribution in [1.29, 1.82) is 0 Å². The van der Waals surface area contributed by atoms with E-state index in [1.54, 1.807) is 24.3 Å². The van der Waals surface area contributed by atoms with E-state index >= 15 is 0 Å². The first-order valence-electron chi connectivity index (χ1n) is 9.09. The molecule has 2 aromatic rings. The van der Waals surface area contributed by atoms with Crippen LogP contribution in [0.2, 0.25) is 0 Å². The van der Waals surface area contributed by atoms with Crippen LogP contribution in [0.5, 0.6) is 0 Å². The van der Waals surface area contributed by atoms with Gasteiger partial charge in [0.15, 0.2) is 15.6 Å². The predicted molar refractivity (Wildman–Crippen MR) is 105 cm³/mol. The maximum Gasteiger partial charge on any atom is 0.254 e. The fraction of sp³-hybridized carbons (Fsp3) is 0.333. The number of hydrogen-bond acceptors (Lipinski definition) is 4. The molecular formula is C21H22FNO4S. The van der Waals surface area contributed by atoms with Crippen LogP contribution in [0.1, 0.15) is 40.1 Å². The molecule has 0 N–H and O–H groups in total. The van der Waals surface area contributed by atoms with Gasteiger partial charge in [0.2, 0.25) is 0 Å². The van der Waals surface area contributed by atoms with Crippen molar-refractivity contribution in [3.63, 3.8) is 0 Å². The lowest BCUT2D eigenvalue weighted by atomic mass is 9.97. The van der Waals surface area contributed by atoms with Crippen LogP contribution in [0.3, 0.4) is 0 Å². The van der Waals surface area contributed by atoms with Crippen LogP contribution in [0.4, 0.5) is 4.39 Å².